The van der Waals surface area contributed by atoms with Gasteiger partial charge in [0.25, 0.3) is 0 Å². The van der Waals surface area contributed by atoms with E-state index in [1.807, 2.05) is 24.3 Å². The summed E-state index contributed by atoms with van der Waals surface area (Å²) in [5, 5.41) is 2.41. The molecule has 0 spiro atoms. The van der Waals surface area contributed by atoms with Crippen LogP contribution in [0.1, 0.15) is 0 Å². The lowest BCUT2D eigenvalue weighted by Crippen LogP contribution is -1.98. The van der Waals surface area contributed by atoms with E-state index in [0.29, 0.717) is 0 Å². The van der Waals surface area contributed by atoms with Crippen molar-refractivity contribution in [3.05, 3.63) is 413 Å². The zero-order valence-electron chi connectivity index (χ0n) is 59.0. The standard InChI is InChI=1S/2C51H37NO/c1-53-47-19-11-18-44(34-47)41-28-31-46(32-29-41)52-49-33-30-45(40-22-20-38(21-23-40)36-12-5-2-6-13-36)35-48(49)50(51(52)43-16-9-4-10-17-43)42-26-24-39(25-27-42)37-14-7-3-8-15-37;1-53-47-32-27-41(28-33-47)40-25-30-46(31-26-40)52-49-34-29-45(42-19-17-38(18-20-42)36-11-5-2-6-12-36)35-48(49)50(51(52)44-15-9-4-10-16-44)43-23-21-39(22-24-43)37-13-7-3-8-14-37/h2*2-35H,1H3. The van der Waals surface area contributed by atoms with E-state index < -0.39 is 0 Å². The first kappa shape index (κ1) is 65.5. The monoisotopic (exact) mass is 1360 g/mol. The highest BCUT2D eigenvalue weighted by Crippen LogP contribution is 2.48. The van der Waals surface area contributed by atoms with Crippen LogP contribution in [0.5, 0.6) is 11.5 Å². The molecule has 0 N–H and O–H groups in total. The zero-order chi connectivity index (χ0) is 71.1. The van der Waals surface area contributed by atoms with E-state index >= 15 is 0 Å². The smallest absolute Gasteiger partial charge is 0.119 e. The molecule has 2 aromatic heterocycles. The summed E-state index contributed by atoms with van der Waals surface area (Å²) in [7, 11) is 3.41. The second-order valence-corrected chi connectivity index (χ2v) is 26.6. The number of methoxy groups -OCH3 is 2. The van der Waals surface area contributed by atoms with Crippen molar-refractivity contribution in [2.45, 2.75) is 0 Å². The summed E-state index contributed by atoms with van der Waals surface area (Å²) in [6.45, 7) is 0. The minimum atomic E-state index is 0.850. The van der Waals surface area contributed by atoms with Gasteiger partial charge < -0.3 is 18.6 Å². The first-order chi connectivity index (χ1) is 52.5. The molecule has 0 radical (unpaired) electrons. The van der Waals surface area contributed by atoms with Crippen LogP contribution < -0.4 is 9.47 Å². The van der Waals surface area contributed by atoms with Crippen molar-refractivity contribution in [1.29, 1.82) is 0 Å². The predicted molar refractivity (Wildman–Crippen MR) is 445 cm³/mol. The Kier molecular flexibility index (Phi) is 18.3. The van der Waals surface area contributed by atoms with Crippen LogP contribution in [0.25, 0.3) is 167 Å². The molecule has 18 aromatic rings. The third-order valence-corrected chi connectivity index (χ3v) is 20.3. The van der Waals surface area contributed by atoms with E-state index in [0.717, 1.165) is 61.7 Å². The maximum Gasteiger partial charge on any atom is 0.119 e. The fourth-order valence-electron chi connectivity index (χ4n) is 14.9. The molecule has 0 amide bonds. The second kappa shape index (κ2) is 29.6. The van der Waals surface area contributed by atoms with Gasteiger partial charge in [-0.05, 0) is 184 Å². The van der Waals surface area contributed by atoms with Gasteiger partial charge >= 0.3 is 0 Å². The van der Waals surface area contributed by atoms with Gasteiger partial charge in [0, 0.05) is 33.3 Å². The number of hydrogen-bond acceptors (Lipinski definition) is 2. The van der Waals surface area contributed by atoms with E-state index in [4.69, 9.17) is 9.47 Å². The van der Waals surface area contributed by atoms with E-state index in [-0.39, 0.29) is 0 Å². The lowest BCUT2D eigenvalue weighted by Gasteiger charge is -2.14. The van der Waals surface area contributed by atoms with E-state index in [2.05, 4.69) is 397 Å². The van der Waals surface area contributed by atoms with Gasteiger partial charge in [0.1, 0.15) is 11.5 Å². The van der Waals surface area contributed by atoms with Crippen LogP contribution in [-0.4, -0.2) is 23.4 Å². The number of aromatic nitrogens is 2. The number of fused-ring (bicyclic) bond motifs is 2. The quantitative estimate of drug-likeness (QED) is 0.0964. The van der Waals surface area contributed by atoms with E-state index in [1.165, 1.54) is 117 Å². The minimum absolute atomic E-state index is 0.850. The van der Waals surface area contributed by atoms with Gasteiger partial charge in [-0.15, -0.1) is 0 Å². The maximum atomic E-state index is 5.52. The molecule has 18 rings (SSSR count). The van der Waals surface area contributed by atoms with Gasteiger partial charge in [-0.2, -0.15) is 0 Å². The highest BCUT2D eigenvalue weighted by atomic mass is 16.5. The van der Waals surface area contributed by atoms with Crippen LogP contribution in [0, 0.1) is 0 Å². The van der Waals surface area contributed by atoms with Gasteiger partial charge in [-0.25, -0.2) is 0 Å². The molecule has 16 aromatic carbocycles. The van der Waals surface area contributed by atoms with Gasteiger partial charge in [0.05, 0.1) is 36.6 Å². The SMILES string of the molecule is COc1ccc(-c2ccc(-n3c(-c4ccccc4)c(-c4ccc(-c5ccccc5)cc4)c4cc(-c5ccc(-c6ccccc6)cc5)ccc43)cc2)cc1.COc1cccc(-c2ccc(-n3c(-c4ccccc4)c(-c4ccc(-c5ccccc5)cc4)c4cc(-c5ccc(-c6ccccc6)cc5)ccc43)cc2)c1. The Bertz CT molecular complexity index is 6020. The van der Waals surface area contributed by atoms with Crippen molar-refractivity contribution < 1.29 is 9.47 Å². The Morgan fingerprint density at radius 2 is 0.396 bits per heavy atom. The van der Waals surface area contributed by atoms with E-state index in [9.17, 15) is 0 Å². The Morgan fingerprint density at radius 3 is 0.698 bits per heavy atom. The maximum absolute atomic E-state index is 5.52. The van der Waals surface area contributed by atoms with Gasteiger partial charge in [0.15, 0.2) is 0 Å². The van der Waals surface area contributed by atoms with Crippen molar-refractivity contribution >= 4 is 21.8 Å². The predicted octanol–water partition coefficient (Wildman–Crippen LogP) is 27.3. The Balaban J connectivity index is 0.000000156. The van der Waals surface area contributed by atoms with Crippen molar-refractivity contribution in [3.63, 3.8) is 0 Å². The molecule has 0 unspecified atom stereocenters. The normalized spacial score (nSPS) is 11.1. The second-order valence-electron chi connectivity index (χ2n) is 26.6. The number of hydrogen-bond donors (Lipinski definition) is 0. The summed E-state index contributed by atoms with van der Waals surface area (Å²) in [5.41, 5.74) is 33.0. The molecule has 0 aliphatic rings. The highest BCUT2D eigenvalue weighted by molar-refractivity contribution is 6.09. The number of rotatable bonds is 16. The molecule has 0 aliphatic carbocycles. The van der Waals surface area contributed by atoms with Crippen molar-refractivity contribution in [3.8, 4) is 157 Å². The number of nitrogens with zero attached hydrogens (tertiary/aromatic N) is 2. The molecule has 0 saturated carbocycles. The zero-order valence-corrected chi connectivity index (χ0v) is 59.0. The largest absolute Gasteiger partial charge is 0.497 e. The van der Waals surface area contributed by atoms with Crippen LogP contribution in [-0.2, 0) is 0 Å². The summed E-state index contributed by atoms with van der Waals surface area (Å²) in [6, 6.07) is 148. The molecule has 0 aliphatic heterocycles. The average Bonchev–Trinajstić information content (AvgIpc) is 1.58. The first-order valence-electron chi connectivity index (χ1n) is 36.1. The summed E-state index contributed by atoms with van der Waals surface area (Å²) in [6.07, 6.45) is 0. The van der Waals surface area contributed by atoms with Gasteiger partial charge in [-0.3, -0.25) is 0 Å². The van der Waals surface area contributed by atoms with Crippen LogP contribution in [0.15, 0.2) is 413 Å². The van der Waals surface area contributed by atoms with Crippen molar-refractivity contribution in [1.82, 2.24) is 9.13 Å². The van der Waals surface area contributed by atoms with Crippen LogP contribution in [0.4, 0.5) is 0 Å². The molecule has 106 heavy (non-hydrogen) atoms. The molecule has 4 heteroatoms. The van der Waals surface area contributed by atoms with Gasteiger partial charge in [-0.1, -0.05) is 340 Å². The number of ether oxygens (including phenoxy) is 2. The molecule has 0 saturated heterocycles. The van der Waals surface area contributed by atoms with Crippen LogP contribution >= 0.6 is 0 Å². The fourth-order valence-corrected chi connectivity index (χ4v) is 14.9. The summed E-state index contributed by atoms with van der Waals surface area (Å²) in [4.78, 5) is 0. The molecule has 2 heterocycles. The Morgan fingerprint density at radius 1 is 0.170 bits per heavy atom. The lowest BCUT2D eigenvalue weighted by molar-refractivity contribution is 0.415. The number of benzene rings is 16. The van der Waals surface area contributed by atoms with E-state index in [1.54, 1.807) is 14.2 Å². The van der Waals surface area contributed by atoms with Crippen LogP contribution in [0.2, 0.25) is 0 Å². The molecular weight excluding hydrogens is 1290 g/mol. The molecule has 0 atom stereocenters. The molecule has 0 fully saturated rings. The van der Waals surface area contributed by atoms with Gasteiger partial charge in [0.2, 0.25) is 0 Å². The average molecular weight is 1360 g/mol. The first-order valence-corrected chi connectivity index (χ1v) is 36.1. The third-order valence-electron chi connectivity index (χ3n) is 20.3. The molecule has 0 bridgehead atoms. The third kappa shape index (κ3) is 13.3. The highest BCUT2D eigenvalue weighted by Gasteiger charge is 2.25. The molecule has 4 nitrogen and oxygen atoms in total. The topological polar surface area (TPSA) is 28.3 Å². The summed E-state index contributed by atoms with van der Waals surface area (Å²) in [5.74, 6) is 1.70. The molecular formula is C102H74N2O2. The summed E-state index contributed by atoms with van der Waals surface area (Å²) < 4.78 is 15.8. The Hall–Kier alpha value is -13.8. The fraction of sp³-hybridized carbons (Fsp3) is 0.0196. The Labute approximate surface area is 619 Å². The van der Waals surface area contributed by atoms with Crippen molar-refractivity contribution in [2.24, 2.45) is 0 Å². The lowest BCUT2D eigenvalue weighted by atomic mass is 9.94. The van der Waals surface area contributed by atoms with Crippen molar-refractivity contribution in [2.75, 3.05) is 14.2 Å². The summed E-state index contributed by atoms with van der Waals surface area (Å²) >= 11 is 0. The van der Waals surface area contributed by atoms with Crippen LogP contribution in [0.3, 0.4) is 0 Å². The minimum Gasteiger partial charge on any atom is -0.497 e. The molecule has 504 valence electrons.